The van der Waals surface area contributed by atoms with Gasteiger partial charge in [0, 0.05) is 12.6 Å². The Morgan fingerprint density at radius 2 is 2.00 bits per heavy atom. The van der Waals surface area contributed by atoms with Gasteiger partial charge in [0.2, 0.25) is 12.7 Å². The monoisotopic (exact) mass is 401 g/mol. The van der Waals surface area contributed by atoms with Crippen molar-refractivity contribution in [2.45, 2.75) is 20.8 Å². The van der Waals surface area contributed by atoms with Crippen LogP contribution in [0.5, 0.6) is 11.5 Å². The zero-order valence-electron chi connectivity index (χ0n) is 16.7. The lowest BCUT2D eigenvalue weighted by Gasteiger charge is -2.07. The molecule has 2 N–H and O–H groups in total. The maximum Gasteiger partial charge on any atom is 0.261 e. The average Bonchev–Trinajstić information content (AvgIpc) is 3.25. The number of aryl methyl sites for hydroxylation is 2. The molecule has 0 saturated carbocycles. The van der Waals surface area contributed by atoms with Crippen molar-refractivity contribution in [3.63, 3.8) is 0 Å². The minimum absolute atomic E-state index is 0.180. The highest BCUT2D eigenvalue weighted by molar-refractivity contribution is 5.99. The fourth-order valence-corrected chi connectivity index (χ4v) is 2.73. The molecule has 0 spiro atoms. The SMILES string of the molecule is C/C(=N/OCC(=O)NCC(=O)Nc1c(C)nn(C)c1C)c1ccc2c(c1)OCO2. The van der Waals surface area contributed by atoms with Crippen LogP contribution in [0.2, 0.25) is 0 Å². The second kappa shape index (κ2) is 8.63. The summed E-state index contributed by atoms with van der Waals surface area (Å²) < 4.78 is 12.3. The van der Waals surface area contributed by atoms with Gasteiger partial charge < -0.3 is 24.9 Å². The van der Waals surface area contributed by atoms with Crippen molar-refractivity contribution in [3.8, 4) is 11.5 Å². The lowest BCUT2D eigenvalue weighted by Crippen LogP contribution is -2.35. The molecule has 1 aromatic carbocycles. The standard InChI is InChI=1S/C19H23N5O5/c1-11(14-5-6-15-16(7-14)28-10-27-15)23-29-9-18(26)20-8-17(25)21-19-12(2)22-24(4)13(19)3/h5-7H,8-10H2,1-4H3,(H,20,26)(H,21,25)/b23-11-. The number of aromatic nitrogens is 2. The van der Waals surface area contributed by atoms with Crippen LogP contribution < -0.4 is 20.1 Å². The molecule has 0 saturated heterocycles. The summed E-state index contributed by atoms with van der Waals surface area (Å²) in [4.78, 5) is 29.0. The van der Waals surface area contributed by atoms with E-state index in [-0.39, 0.29) is 25.9 Å². The van der Waals surface area contributed by atoms with Gasteiger partial charge in [-0.15, -0.1) is 0 Å². The minimum atomic E-state index is -0.456. The third kappa shape index (κ3) is 4.84. The summed E-state index contributed by atoms with van der Waals surface area (Å²) in [6, 6.07) is 5.40. The van der Waals surface area contributed by atoms with Gasteiger partial charge in [-0.05, 0) is 39.0 Å². The first kappa shape index (κ1) is 20.2. The molecule has 10 nitrogen and oxygen atoms in total. The molecule has 2 aromatic rings. The molecule has 0 fully saturated rings. The van der Waals surface area contributed by atoms with E-state index in [0.29, 0.717) is 28.6 Å². The second-order valence-electron chi connectivity index (χ2n) is 6.51. The number of carbonyl (C=O) groups excluding carboxylic acids is 2. The van der Waals surface area contributed by atoms with Crippen LogP contribution in [0.3, 0.4) is 0 Å². The van der Waals surface area contributed by atoms with Crippen LogP contribution in [-0.2, 0) is 21.5 Å². The molecule has 154 valence electrons. The molecule has 2 amide bonds. The van der Waals surface area contributed by atoms with Gasteiger partial charge in [-0.1, -0.05) is 5.16 Å². The lowest BCUT2D eigenvalue weighted by molar-refractivity contribution is -0.127. The van der Waals surface area contributed by atoms with Gasteiger partial charge in [0.25, 0.3) is 5.91 Å². The molecule has 1 aliphatic rings. The van der Waals surface area contributed by atoms with E-state index in [1.54, 1.807) is 37.7 Å². The second-order valence-corrected chi connectivity index (χ2v) is 6.51. The van der Waals surface area contributed by atoms with Crippen LogP contribution in [0.15, 0.2) is 23.4 Å². The number of fused-ring (bicyclic) bond motifs is 1. The van der Waals surface area contributed by atoms with Gasteiger partial charge in [-0.25, -0.2) is 0 Å². The van der Waals surface area contributed by atoms with Gasteiger partial charge in [0.1, 0.15) is 0 Å². The zero-order valence-corrected chi connectivity index (χ0v) is 16.7. The number of anilines is 1. The van der Waals surface area contributed by atoms with Gasteiger partial charge in [-0.2, -0.15) is 5.10 Å². The van der Waals surface area contributed by atoms with Crippen molar-refractivity contribution in [2.24, 2.45) is 12.2 Å². The Morgan fingerprint density at radius 3 is 2.72 bits per heavy atom. The normalized spacial score (nSPS) is 12.6. The Morgan fingerprint density at radius 1 is 1.24 bits per heavy atom. The van der Waals surface area contributed by atoms with Crippen molar-refractivity contribution in [1.29, 1.82) is 0 Å². The predicted octanol–water partition coefficient (Wildman–Crippen LogP) is 1.26. The van der Waals surface area contributed by atoms with Crippen LogP contribution in [0, 0.1) is 13.8 Å². The maximum atomic E-state index is 12.0. The zero-order chi connectivity index (χ0) is 21.0. The Hall–Kier alpha value is -3.56. The van der Waals surface area contributed by atoms with E-state index in [9.17, 15) is 9.59 Å². The molecular formula is C19H23N5O5. The van der Waals surface area contributed by atoms with Crippen LogP contribution in [0.4, 0.5) is 5.69 Å². The van der Waals surface area contributed by atoms with Crippen LogP contribution in [-0.4, -0.2) is 47.3 Å². The number of rotatable bonds is 7. The maximum absolute atomic E-state index is 12.0. The summed E-state index contributed by atoms with van der Waals surface area (Å²) in [5.41, 5.74) is 3.56. The van der Waals surface area contributed by atoms with Crippen molar-refractivity contribution in [3.05, 3.63) is 35.2 Å². The molecule has 0 radical (unpaired) electrons. The smallest absolute Gasteiger partial charge is 0.261 e. The summed E-state index contributed by atoms with van der Waals surface area (Å²) in [5, 5.41) is 13.4. The number of nitrogens with one attached hydrogen (secondary N) is 2. The number of amides is 2. The predicted molar refractivity (Wildman–Crippen MR) is 105 cm³/mol. The number of carbonyl (C=O) groups is 2. The van der Waals surface area contributed by atoms with Gasteiger partial charge in [-0.3, -0.25) is 14.3 Å². The molecule has 0 atom stereocenters. The highest BCUT2D eigenvalue weighted by atomic mass is 16.7. The number of ether oxygens (including phenoxy) is 2. The first-order chi connectivity index (χ1) is 13.8. The van der Waals surface area contributed by atoms with Gasteiger partial charge in [0.05, 0.1) is 29.3 Å². The molecule has 3 rings (SSSR count). The molecule has 1 aliphatic heterocycles. The van der Waals surface area contributed by atoms with Crippen molar-refractivity contribution < 1.29 is 23.9 Å². The van der Waals surface area contributed by atoms with Crippen LogP contribution >= 0.6 is 0 Å². The molecule has 0 aliphatic carbocycles. The van der Waals surface area contributed by atoms with E-state index < -0.39 is 5.91 Å². The first-order valence-corrected chi connectivity index (χ1v) is 8.98. The van der Waals surface area contributed by atoms with Gasteiger partial charge in [0.15, 0.2) is 18.1 Å². The summed E-state index contributed by atoms with van der Waals surface area (Å²) >= 11 is 0. The topological polar surface area (TPSA) is 116 Å². The first-order valence-electron chi connectivity index (χ1n) is 8.98. The number of hydrogen-bond donors (Lipinski definition) is 2. The third-order valence-electron chi connectivity index (χ3n) is 4.41. The molecule has 10 heteroatoms. The fraction of sp³-hybridized carbons (Fsp3) is 0.368. The van der Waals surface area contributed by atoms with E-state index >= 15 is 0 Å². The molecular weight excluding hydrogens is 378 g/mol. The van der Waals surface area contributed by atoms with E-state index in [1.165, 1.54) is 0 Å². The molecule has 2 heterocycles. The summed E-state index contributed by atoms with van der Waals surface area (Å²) in [6.45, 7) is 5.11. The Balaban J connectivity index is 1.43. The van der Waals surface area contributed by atoms with Crippen LogP contribution in [0.1, 0.15) is 23.9 Å². The molecule has 0 bridgehead atoms. The number of nitrogens with zero attached hydrogens (tertiary/aromatic N) is 3. The minimum Gasteiger partial charge on any atom is -0.454 e. The highest BCUT2D eigenvalue weighted by Crippen LogP contribution is 2.32. The quantitative estimate of drug-likeness (QED) is 0.533. The number of benzene rings is 1. The number of hydrogen-bond acceptors (Lipinski definition) is 7. The van der Waals surface area contributed by atoms with Crippen molar-refractivity contribution in [1.82, 2.24) is 15.1 Å². The lowest BCUT2D eigenvalue weighted by atomic mass is 10.1. The van der Waals surface area contributed by atoms with E-state index in [4.69, 9.17) is 14.3 Å². The average molecular weight is 401 g/mol. The van der Waals surface area contributed by atoms with E-state index in [2.05, 4.69) is 20.9 Å². The number of oxime groups is 1. The summed E-state index contributed by atoms with van der Waals surface area (Å²) in [6.07, 6.45) is 0. The Labute approximate surface area is 167 Å². The van der Waals surface area contributed by atoms with E-state index in [0.717, 1.165) is 11.3 Å². The molecule has 1 aromatic heterocycles. The Kier molecular flexibility index (Phi) is 6.01. The molecule has 29 heavy (non-hydrogen) atoms. The summed E-state index contributed by atoms with van der Waals surface area (Å²) in [7, 11) is 1.79. The molecule has 0 unspecified atom stereocenters. The largest absolute Gasteiger partial charge is 0.454 e. The van der Waals surface area contributed by atoms with Gasteiger partial charge >= 0.3 is 0 Å². The highest BCUT2D eigenvalue weighted by Gasteiger charge is 2.15. The fourth-order valence-electron chi connectivity index (χ4n) is 2.73. The Bertz CT molecular complexity index is 966. The van der Waals surface area contributed by atoms with Crippen molar-refractivity contribution in [2.75, 3.05) is 25.3 Å². The van der Waals surface area contributed by atoms with Crippen molar-refractivity contribution >= 4 is 23.2 Å². The van der Waals surface area contributed by atoms with E-state index in [1.807, 2.05) is 13.0 Å². The van der Waals surface area contributed by atoms with Crippen LogP contribution in [0.25, 0.3) is 0 Å². The summed E-state index contributed by atoms with van der Waals surface area (Å²) in [5.74, 6) is 0.510. The third-order valence-corrected chi connectivity index (χ3v) is 4.41.